The summed E-state index contributed by atoms with van der Waals surface area (Å²) >= 11 is 0. The van der Waals surface area contributed by atoms with Gasteiger partial charge in [-0.3, -0.25) is 4.79 Å². The summed E-state index contributed by atoms with van der Waals surface area (Å²) in [6, 6.07) is 0. The van der Waals surface area contributed by atoms with Crippen molar-refractivity contribution in [1.29, 1.82) is 0 Å². The van der Waals surface area contributed by atoms with Gasteiger partial charge >= 0.3 is 5.97 Å². The van der Waals surface area contributed by atoms with Crippen LogP contribution in [0.2, 0.25) is 0 Å². The van der Waals surface area contributed by atoms with Crippen molar-refractivity contribution >= 4 is 5.97 Å². The predicted molar refractivity (Wildman–Crippen MR) is 34.5 cm³/mol. The van der Waals surface area contributed by atoms with E-state index < -0.39 is 18.3 Å². The lowest BCUT2D eigenvalue weighted by Gasteiger charge is -2.30. The lowest BCUT2D eigenvalue weighted by Crippen LogP contribution is -2.33. The van der Waals surface area contributed by atoms with E-state index in [2.05, 4.69) is 0 Å². The Labute approximate surface area is 63.2 Å². The smallest absolute Gasteiger partial charge is 0.312 e. The topological polar surface area (TPSA) is 37.3 Å². The first-order valence-electron chi connectivity index (χ1n) is 3.64. The molecule has 1 N–H and O–H groups in total. The molecule has 0 spiro atoms. The van der Waals surface area contributed by atoms with Crippen LogP contribution < -0.4 is 0 Å². The van der Waals surface area contributed by atoms with Gasteiger partial charge < -0.3 is 5.11 Å². The average molecular weight is 164 g/mol. The molecule has 0 bridgehead atoms. The number of carbonyl (C=O) groups is 1. The predicted octanol–water partition coefficient (Wildman–Crippen LogP) is 1.75. The molecule has 0 aromatic rings. The minimum atomic E-state index is -2.71. The van der Waals surface area contributed by atoms with E-state index in [4.69, 9.17) is 5.11 Å². The van der Waals surface area contributed by atoms with Gasteiger partial charge in [-0.25, -0.2) is 8.78 Å². The minimum Gasteiger partial charge on any atom is -0.481 e. The first-order valence-corrected chi connectivity index (χ1v) is 3.64. The van der Waals surface area contributed by atoms with Crippen molar-refractivity contribution in [2.75, 3.05) is 0 Å². The minimum absolute atomic E-state index is 0.285. The summed E-state index contributed by atoms with van der Waals surface area (Å²) in [5.41, 5.74) is 0. The zero-order chi connectivity index (χ0) is 8.43. The molecular weight excluding hydrogens is 154 g/mol. The molecule has 0 radical (unpaired) electrons. The Balaban J connectivity index is 2.51. The van der Waals surface area contributed by atoms with Gasteiger partial charge in [0.05, 0.1) is 0 Å². The second-order valence-electron chi connectivity index (χ2n) is 2.89. The second kappa shape index (κ2) is 3.15. The number of aliphatic carboxylic acids is 1. The van der Waals surface area contributed by atoms with Gasteiger partial charge in [0.2, 0.25) is 0 Å². The van der Waals surface area contributed by atoms with Crippen molar-refractivity contribution in [3.8, 4) is 0 Å². The molecule has 1 aliphatic carbocycles. The van der Waals surface area contributed by atoms with Gasteiger partial charge in [-0.15, -0.1) is 0 Å². The quantitative estimate of drug-likeness (QED) is 0.689. The molecule has 2 nitrogen and oxygen atoms in total. The lowest BCUT2D eigenvalue weighted by molar-refractivity contribution is -0.152. The van der Waals surface area contributed by atoms with E-state index in [0.29, 0.717) is 12.8 Å². The molecule has 1 fully saturated rings. The first-order chi connectivity index (χ1) is 5.13. The Hall–Kier alpha value is -0.670. The maximum atomic E-state index is 12.0. The summed E-state index contributed by atoms with van der Waals surface area (Å²) in [7, 11) is 0. The van der Waals surface area contributed by atoms with Crippen LogP contribution in [0.1, 0.15) is 19.3 Å². The molecular formula is C7H10F2O2. The fourth-order valence-electron chi connectivity index (χ4n) is 1.31. The Kier molecular flexibility index (Phi) is 2.42. The largest absolute Gasteiger partial charge is 0.481 e. The van der Waals surface area contributed by atoms with Crippen molar-refractivity contribution in [1.82, 2.24) is 0 Å². The van der Waals surface area contributed by atoms with Crippen LogP contribution in [0.25, 0.3) is 0 Å². The zero-order valence-electron chi connectivity index (χ0n) is 5.96. The normalized spacial score (nSPS) is 21.4. The average Bonchev–Trinajstić information content (AvgIpc) is 1.75. The van der Waals surface area contributed by atoms with Crippen LogP contribution in [-0.2, 0) is 4.79 Å². The van der Waals surface area contributed by atoms with E-state index in [1.54, 1.807) is 0 Å². The summed E-state index contributed by atoms with van der Waals surface area (Å²) in [6.07, 6.45) is -0.540. The fourth-order valence-corrected chi connectivity index (χ4v) is 1.31. The Morgan fingerprint density at radius 1 is 1.45 bits per heavy atom. The van der Waals surface area contributed by atoms with Gasteiger partial charge in [-0.05, 0) is 18.8 Å². The van der Waals surface area contributed by atoms with Crippen molar-refractivity contribution in [3.63, 3.8) is 0 Å². The Morgan fingerprint density at radius 2 is 2.00 bits per heavy atom. The molecule has 4 heteroatoms. The van der Waals surface area contributed by atoms with Crippen LogP contribution >= 0.6 is 0 Å². The molecule has 0 saturated heterocycles. The SMILES string of the molecule is O=C(O)C(C(F)F)C1CCC1. The summed E-state index contributed by atoms with van der Waals surface area (Å²) in [6.45, 7) is 0. The molecule has 0 aromatic carbocycles. The fraction of sp³-hybridized carbons (Fsp3) is 0.857. The molecule has 0 heterocycles. The number of carboxylic acid groups (broad SMARTS) is 1. The van der Waals surface area contributed by atoms with Gasteiger partial charge in [-0.2, -0.15) is 0 Å². The van der Waals surface area contributed by atoms with Crippen LogP contribution in [0.5, 0.6) is 0 Å². The maximum Gasteiger partial charge on any atom is 0.312 e. The summed E-state index contributed by atoms with van der Waals surface area (Å²) < 4.78 is 24.1. The Morgan fingerprint density at radius 3 is 2.09 bits per heavy atom. The highest BCUT2D eigenvalue weighted by Gasteiger charge is 2.38. The molecule has 1 atom stereocenters. The van der Waals surface area contributed by atoms with E-state index in [1.807, 2.05) is 0 Å². The third kappa shape index (κ3) is 1.67. The van der Waals surface area contributed by atoms with Crippen molar-refractivity contribution in [2.45, 2.75) is 25.7 Å². The van der Waals surface area contributed by atoms with Gasteiger partial charge in [0.15, 0.2) is 0 Å². The highest BCUT2D eigenvalue weighted by Crippen LogP contribution is 2.36. The van der Waals surface area contributed by atoms with E-state index >= 15 is 0 Å². The van der Waals surface area contributed by atoms with E-state index in [1.165, 1.54) is 0 Å². The number of rotatable bonds is 3. The van der Waals surface area contributed by atoms with Gasteiger partial charge in [0.1, 0.15) is 5.92 Å². The summed E-state index contributed by atoms with van der Waals surface area (Å²) in [5, 5.41) is 8.40. The van der Waals surface area contributed by atoms with Gasteiger partial charge in [0.25, 0.3) is 6.43 Å². The van der Waals surface area contributed by atoms with Crippen LogP contribution in [0.15, 0.2) is 0 Å². The molecule has 0 amide bonds. The third-order valence-corrected chi connectivity index (χ3v) is 2.21. The molecule has 1 rings (SSSR count). The van der Waals surface area contributed by atoms with E-state index in [9.17, 15) is 13.6 Å². The number of hydrogen-bond acceptors (Lipinski definition) is 1. The Bertz CT molecular complexity index is 155. The summed E-state index contributed by atoms with van der Waals surface area (Å²) in [4.78, 5) is 10.3. The standard InChI is InChI=1S/C7H10F2O2/c8-6(9)5(7(10)11)4-2-1-3-4/h4-6H,1-3H2,(H,10,11). The molecule has 11 heavy (non-hydrogen) atoms. The van der Waals surface area contributed by atoms with E-state index in [-0.39, 0.29) is 5.92 Å². The van der Waals surface area contributed by atoms with Crippen LogP contribution in [0.3, 0.4) is 0 Å². The molecule has 64 valence electrons. The van der Waals surface area contributed by atoms with Crippen molar-refractivity contribution < 1.29 is 18.7 Å². The number of halogens is 2. The van der Waals surface area contributed by atoms with Gasteiger partial charge in [0, 0.05) is 0 Å². The molecule has 0 aromatic heterocycles. The number of hydrogen-bond donors (Lipinski definition) is 1. The number of carboxylic acids is 1. The zero-order valence-corrected chi connectivity index (χ0v) is 5.96. The first kappa shape index (κ1) is 8.43. The third-order valence-electron chi connectivity index (χ3n) is 2.21. The van der Waals surface area contributed by atoms with Crippen molar-refractivity contribution in [3.05, 3.63) is 0 Å². The summed E-state index contributed by atoms with van der Waals surface area (Å²) in [5.74, 6) is -3.07. The van der Waals surface area contributed by atoms with Crippen LogP contribution in [0, 0.1) is 11.8 Å². The second-order valence-corrected chi connectivity index (χ2v) is 2.89. The van der Waals surface area contributed by atoms with Gasteiger partial charge in [-0.1, -0.05) is 6.42 Å². The monoisotopic (exact) mass is 164 g/mol. The van der Waals surface area contributed by atoms with Crippen LogP contribution in [-0.4, -0.2) is 17.5 Å². The molecule has 0 aliphatic heterocycles. The van der Waals surface area contributed by atoms with Crippen molar-refractivity contribution in [2.24, 2.45) is 11.8 Å². The number of alkyl halides is 2. The molecule has 1 saturated carbocycles. The lowest BCUT2D eigenvalue weighted by atomic mass is 9.76. The van der Waals surface area contributed by atoms with E-state index in [0.717, 1.165) is 6.42 Å². The highest BCUT2D eigenvalue weighted by atomic mass is 19.3. The molecule has 1 aliphatic rings. The molecule has 1 unspecified atom stereocenters. The highest BCUT2D eigenvalue weighted by molar-refractivity contribution is 5.71. The van der Waals surface area contributed by atoms with Crippen LogP contribution in [0.4, 0.5) is 8.78 Å². The maximum absolute atomic E-state index is 12.0.